The lowest BCUT2D eigenvalue weighted by Gasteiger charge is -1.91. The summed E-state index contributed by atoms with van der Waals surface area (Å²) in [5.41, 5.74) is 1.06. The molecule has 0 unspecified atom stereocenters. The van der Waals surface area contributed by atoms with Crippen molar-refractivity contribution < 1.29 is 5.11 Å². The minimum Gasteiger partial charge on any atom is -0.396 e. The fourth-order valence-electron chi connectivity index (χ4n) is 1.55. The van der Waals surface area contributed by atoms with E-state index < -0.39 is 0 Å². The summed E-state index contributed by atoms with van der Waals surface area (Å²) in [5, 5.41) is 9.49. The number of unbranched alkanes of at least 4 members (excludes halogenated alkanes) is 3. The Labute approximate surface area is 103 Å². The molecule has 0 atom stereocenters. The monoisotopic (exact) mass is 231 g/mol. The molecule has 0 aliphatic heterocycles. The lowest BCUT2D eigenvalue weighted by molar-refractivity contribution is 0.283. The van der Waals surface area contributed by atoms with E-state index >= 15 is 0 Å². The number of para-hydroxylation sites is 1. The van der Waals surface area contributed by atoms with Crippen LogP contribution in [0.15, 0.2) is 42.6 Å². The molecule has 0 bridgehead atoms. The van der Waals surface area contributed by atoms with Crippen molar-refractivity contribution in [1.29, 1.82) is 0 Å². The van der Waals surface area contributed by atoms with Crippen molar-refractivity contribution in [1.82, 2.24) is 4.98 Å². The SMILES string of the molecule is CCCCCCO.c1ccc2ncccc2c1. The Morgan fingerprint density at radius 2 is 1.76 bits per heavy atom. The molecule has 1 heterocycles. The second-order valence-corrected chi connectivity index (χ2v) is 3.98. The lowest BCUT2D eigenvalue weighted by atomic mass is 10.2. The predicted octanol–water partition coefficient (Wildman–Crippen LogP) is 3.79. The largest absolute Gasteiger partial charge is 0.396 e. The third-order valence-corrected chi connectivity index (χ3v) is 2.52. The summed E-state index contributed by atoms with van der Waals surface area (Å²) in [6.45, 7) is 2.53. The van der Waals surface area contributed by atoms with Gasteiger partial charge < -0.3 is 5.11 Å². The number of hydrogen-bond acceptors (Lipinski definition) is 2. The van der Waals surface area contributed by atoms with Crippen LogP contribution in [0.2, 0.25) is 0 Å². The first-order valence-corrected chi connectivity index (χ1v) is 6.29. The van der Waals surface area contributed by atoms with Crippen molar-refractivity contribution in [2.24, 2.45) is 0 Å². The summed E-state index contributed by atoms with van der Waals surface area (Å²) >= 11 is 0. The van der Waals surface area contributed by atoms with Gasteiger partial charge in [0.1, 0.15) is 0 Å². The standard InChI is InChI=1S/C9H7N.C6H14O/c1-2-6-9-8(4-1)5-3-7-10-9;1-2-3-4-5-6-7/h1-7H;7H,2-6H2,1H3. The van der Waals surface area contributed by atoms with Crippen LogP contribution in [0, 0.1) is 0 Å². The molecule has 17 heavy (non-hydrogen) atoms. The van der Waals surface area contributed by atoms with E-state index in [-0.39, 0.29) is 0 Å². The topological polar surface area (TPSA) is 33.1 Å². The van der Waals surface area contributed by atoms with Gasteiger partial charge in [0.15, 0.2) is 0 Å². The smallest absolute Gasteiger partial charge is 0.0701 e. The molecule has 2 aromatic rings. The number of pyridine rings is 1. The van der Waals surface area contributed by atoms with E-state index in [1.54, 1.807) is 0 Å². The zero-order chi connectivity index (χ0) is 12.3. The number of aliphatic hydroxyl groups excluding tert-OH is 1. The minimum atomic E-state index is 0.361. The van der Waals surface area contributed by atoms with Crippen LogP contribution in [-0.2, 0) is 0 Å². The van der Waals surface area contributed by atoms with Gasteiger partial charge in [0.05, 0.1) is 5.52 Å². The fourth-order valence-corrected chi connectivity index (χ4v) is 1.55. The molecule has 0 fully saturated rings. The number of aliphatic hydroxyl groups is 1. The minimum absolute atomic E-state index is 0.361. The first-order chi connectivity index (χ1) is 8.38. The third kappa shape index (κ3) is 5.45. The molecule has 0 saturated heterocycles. The quantitative estimate of drug-likeness (QED) is 0.812. The Bertz CT molecular complexity index is 345. The van der Waals surface area contributed by atoms with Crippen LogP contribution in [0.1, 0.15) is 32.6 Å². The summed E-state index contributed by atoms with van der Waals surface area (Å²) in [4.78, 5) is 4.18. The van der Waals surface area contributed by atoms with Crippen LogP contribution < -0.4 is 0 Å². The maximum absolute atomic E-state index is 8.29. The highest BCUT2D eigenvalue weighted by Crippen LogP contribution is 2.07. The number of nitrogens with zero attached hydrogens (tertiary/aromatic N) is 1. The molecule has 2 rings (SSSR count). The maximum Gasteiger partial charge on any atom is 0.0701 e. The van der Waals surface area contributed by atoms with Crippen LogP contribution in [0.25, 0.3) is 10.9 Å². The zero-order valence-electron chi connectivity index (χ0n) is 10.5. The molecule has 1 aromatic carbocycles. The zero-order valence-corrected chi connectivity index (χ0v) is 10.5. The Balaban J connectivity index is 0.000000185. The molecule has 0 aliphatic carbocycles. The van der Waals surface area contributed by atoms with Gasteiger partial charge in [-0.05, 0) is 18.6 Å². The van der Waals surface area contributed by atoms with E-state index in [4.69, 9.17) is 5.11 Å². The van der Waals surface area contributed by atoms with E-state index in [0.717, 1.165) is 11.9 Å². The van der Waals surface area contributed by atoms with Crippen LogP contribution in [0.4, 0.5) is 0 Å². The van der Waals surface area contributed by atoms with E-state index in [2.05, 4.69) is 24.0 Å². The van der Waals surface area contributed by atoms with Crippen molar-refractivity contribution in [2.75, 3.05) is 6.61 Å². The summed E-state index contributed by atoms with van der Waals surface area (Å²) < 4.78 is 0. The third-order valence-electron chi connectivity index (χ3n) is 2.52. The molecule has 1 aromatic heterocycles. The van der Waals surface area contributed by atoms with Gasteiger partial charge in [-0.25, -0.2) is 0 Å². The van der Waals surface area contributed by atoms with Crippen LogP contribution in [-0.4, -0.2) is 16.7 Å². The summed E-state index contributed by atoms with van der Waals surface area (Å²) in [6, 6.07) is 12.1. The Kier molecular flexibility index (Phi) is 6.99. The van der Waals surface area contributed by atoms with Crippen molar-refractivity contribution in [3.63, 3.8) is 0 Å². The second kappa shape index (κ2) is 8.71. The van der Waals surface area contributed by atoms with E-state index in [9.17, 15) is 0 Å². The van der Waals surface area contributed by atoms with E-state index in [1.807, 2.05) is 30.5 Å². The van der Waals surface area contributed by atoms with Gasteiger partial charge >= 0.3 is 0 Å². The van der Waals surface area contributed by atoms with Crippen molar-refractivity contribution in [2.45, 2.75) is 32.6 Å². The van der Waals surface area contributed by atoms with Gasteiger partial charge in [-0.2, -0.15) is 0 Å². The van der Waals surface area contributed by atoms with Gasteiger partial charge in [-0.1, -0.05) is 50.5 Å². The highest BCUT2D eigenvalue weighted by atomic mass is 16.2. The predicted molar refractivity (Wildman–Crippen MR) is 73.0 cm³/mol. The van der Waals surface area contributed by atoms with Gasteiger partial charge in [0.25, 0.3) is 0 Å². The van der Waals surface area contributed by atoms with Gasteiger partial charge in [-0.15, -0.1) is 0 Å². The molecule has 0 aliphatic rings. The second-order valence-electron chi connectivity index (χ2n) is 3.98. The highest BCUT2D eigenvalue weighted by Gasteiger charge is 1.86. The summed E-state index contributed by atoms with van der Waals surface area (Å²) in [7, 11) is 0. The maximum atomic E-state index is 8.29. The van der Waals surface area contributed by atoms with Crippen LogP contribution >= 0.6 is 0 Å². The highest BCUT2D eigenvalue weighted by molar-refractivity contribution is 5.77. The van der Waals surface area contributed by atoms with E-state index in [1.165, 1.54) is 24.6 Å². The number of benzene rings is 1. The van der Waals surface area contributed by atoms with Crippen LogP contribution in [0.5, 0.6) is 0 Å². The van der Waals surface area contributed by atoms with E-state index in [0.29, 0.717) is 6.61 Å². The molecule has 0 amide bonds. The van der Waals surface area contributed by atoms with Crippen molar-refractivity contribution in [3.8, 4) is 0 Å². The summed E-state index contributed by atoms with van der Waals surface area (Å²) in [5.74, 6) is 0. The molecule has 92 valence electrons. The number of hydrogen-bond donors (Lipinski definition) is 1. The molecule has 0 spiro atoms. The number of rotatable bonds is 4. The Hall–Kier alpha value is -1.41. The first-order valence-electron chi connectivity index (χ1n) is 6.29. The molecule has 2 nitrogen and oxygen atoms in total. The van der Waals surface area contributed by atoms with Gasteiger partial charge in [0, 0.05) is 18.2 Å². The van der Waals surface area contributed by atoms with Crippen molar-refractivity contribution in [3.05, 3.63) is 42.6 Å². The lowest BCUT2D eigenvalue weighted by Crippen LogP contribution is -1.80. The fraction of sp³-hybridized carbons (Fsp3) is 0.400. The molecular weight excluding hydrogens is 210 g/mol. The Morgan fingerprint density at radius 3 is 2.47 bits per heavy atom. The summed E-state index contributed by atoms with van der Waals surface area (Å²) in [6.07, 6.45) is 6.49. The number of aromatic nitrogens is 1. The molecule has 2 heteroatoms. The van der Waals surface area contributed by atoms with Gasteiger partial charge in [-0.3, -0.25) is 4.98 Å². The van der Waals surface area contributed by atoms with Gasteiger partial charge in [0.2, 0.25) is 0 Å². The average Bonchev–Trinajstić information content (AvgIpc) is 2.40. The average molecular weight is 231 g/mol. The van der Waals surface area contributed by atoms with Crippen LogP contribution in [0.3, 0.4) is 0 Å². The molecule has 0 radical (unpaired) electrons. The molecule has 1 N–H and O–H groups in total. The first kappa shape index (κ1) is 13.7. The Morgan fingerprint density at radius 1 is 1.00 bits per heavy atom. The van der Waals surface area contributed by atoms with Crippen molar-refractivity contribution >= 4 is 10.9 Å². The normalized spacial score (nSPS) is 9.76. The molecule has 0 saturated carbocycles. The number of fused-ring (bicyclic) bond motifs is 1. The molecular formula is C15H21NO.